The molecule has 0 aromatic carbocycles. The summed E-state index contributed by atoms with van der Waals surface area (Å²) in [7, 11) is -4.61. The molecule has 0 bridgehead atoms. The number of hydrogen-bond acceptors (Lipinski definition) is 11. The smallest absolute Gasteiger partial charge is 0.306 e. The second-order valence-corrected chi connectivity index (χ2v) is 17.9. The third kappa shape index (κ3) is 32.9. The maximum atomic E-state index is 12.8. The largest absolute Gasteiger partial charge is 0.462 e. The maximum absolute atomic E-state index is 12.8. The molecule has 1 aliphatic heterocycles. The van der Waals surface area contributed by atoms with Crippen LogP contribution in [0.4, 0.5) is 0 Å². The van der Waals surface area contributed by atoms with E-state index >= 15 is 0 Å². The molecule has 0 saturated carbocycles. The molecule has 358 valence electrons. The quantitative estimate of drug-likeness (QED) is 0.0198. The Morgan fingerprint density at radius 1 is 0.548 bits per heavy atom. The summed E-state index contributed by atoms with van der Waals surface area (Å²) in [5, 5.41) is 30.9. The van der Waals surface area contributed by atoms with E-state index in [1.54, 1.807) is 0 Å². The molecule has 1 saturated heterocycles. The van der Waals surface area contributed by atoms with Crippen LogP contribution < -0.4 is 0 Å². The van der Waals surface area contributed by atoms with Gasteiger partial charge in [0.25, 0.3) is 10.1 Å². The molecule has 1 heterocycles. The van der Waals surface area contributed by atoms with E-state index in [1.807, 2.05) is 12.2 Å². The molecule has 1 aliphatic rings. The first-order chi connectivity index (χ1) is 30.0. The van der Waals surface area contributed by atoms with Gasteiger partial charge in [-0.15, -0.1) is 0 Å². The third-order valence-electron chi connectivity index (χ3n) is 10.6. The number of esters is 2. The Labute approximate surface area is 375 Å². The lowest BCUT2D eigenvalue weighted by atomic mass is 10.00. The number of aliphatic hydroxyl groups is 3. The van der Waals surface area contributed by atoms with Crippen LogP contribution in [-0.4, -0.2) is 96.0 Å². The molecule has 62 heavy (non-hydrogen) atoms. The van der Waals surface area contributed by atoms with E-state index in [2.05, 4.69) is 62.5 Å². The van der Waals surface area contributed by atoms with Crippen LogP contribution in [-0.2, 0) is 38.7 Å². The summed E-state index contributed by atoms with van der Waals surface area (Å²) in [6.07, 6.45) is 38.4. The van der Waals surface area contributed by atoms with Gasteiger partial charge < -0.3 is 34.3 Å². The van der Waals surface area contributed by atoms with Crippen molar-refractivity contribution in [2.45, 2.75) is 218 Å². The van der Waals surface area contributed by atoms with E-state index in [0.717, 1.165) is 57.8 Å². The highest BCUT2D eigenvalue weighted by atomic mass is 32.2. The highest BCUT2D eigenvalue weighted by molar-refractivity contribution is 7.85. The highest BCUT2D eigenvalue weighted by Crippen LogP contribution is 2.24. The first kappa shape index (κ1) is 57.4. The SMILES string of the molecule is CCCCC/C=C/C/C=C/CCCCCCCCCC(=O)OC[C@H](CO[C@H]1O[C@H](CS(=O)(=O)O)[C@@H](O)C(O)C1O)OC(=O)CCC/C=C/C/C=C/C/C=C/CCCCCCCC. The molecule has 0 aromatic heterocycles. The van der Waals surface area contributed by atoms with Gasteiger partial charge in [-0.05, 0) is 77.0 Å². The van der Waals surface area contributed by atoms with Crippen LogP contribution in [0, 0.1) is 0 Å². The Hall–Kier alpha value is -2.65. The van der Waals surface area contributed by atoms with Gasteiger partial charge in [-0.2, -0.15) is 8.42 Å². The van der Waals surface area contributed by atoms with E-state index in [1.165, 1.54) is 77.0 Å². The number of hydrogen-bond donors (Lipinski definition) is 4. The predicted molar refractivity (Wildman–Crippen MR) is 247 cm³/mol. The second kappa shape index (κ2) is 38.8. The van der Waals surface area contributed by atoms with Crippen molar-refractivity contribution in [3.05, 3.63) is 60.8 Å². The first-order valence-electron chi connectivity index (χ1n) is 23.8. The molecular formula is C49H84O12S. The number of carbonyl (C=O) groups excluding carboxylic acids is 2. The van der Waals surface area contributed by atoms with Crippen molar-refractivity contribution in [3.8, 4) is 0 Å². The minimum atomic E-state index is -4.61. The van der Waals surface area contributed by atoms with Crippen molar-refractivity contribution < 1.29 is 56.8 Å². The molecule has 13 heteroatoms. The van der Waals surface area contributed by atoms with Gasteiger partial charge >= 0.3 is 11.9 Å². The summed E-state index contributed by atoms with van der Waals surface area (Å²) in [6, 6.07) is 0. The van der Waals surface area contributed by atoms with Crippen molar-refractivity contribution in [2.24, 2.45) is 0 Å². The van der Waals surface area contributed by atoms with Gasteiger partial charge in [-0.25, -0.2) is 0 Å². The molecule has 12 nitrogen and oxygen atoms in total. The Kier molecular flexibility index (Phi) is 35.9. The fourth-order valence-corrected chi connectivity index (χ4v) is 7.53. The van der Waals surface area contributed by atoms with Gasteiger partial charge in [0.05, 0.1) is 6.61 Å². The van der Waals surface area contributed by atoms with E-state index in [4.69, 9.17) is 18.9 Å². The van der Waals surface area contributed by atoms with Crippen LogP contribution in [0.15, 0.2) is 60.8 Å². The zero-order valence-corrected chi connectivity index (χ0v) is 39.0. The molecule has 6 atom stereocenters. The van der Waals surface area contributed by atoms with E-state index in [-0.39, 0.29) is 19.4 Å². The lowest BCUT2D eigenvalue weighted by molar-refractivity contribution is -0.297. The van der Waals surface area contributed by atoms with Crippen molar-refractivity contribution in [1.82, 2.24) is 0 Å². The molecule has 4 N–H and O–H groups in total. The fourth-order valence-electron chi connectivity index (χ4n) is 6.84. The normalized spacial score (nSPS) is 20.4. The molecule has 1 rings (SSSR count). The van der Waals surface area contributed by atoms with Gasteiger partial charge in [0.2, 0.25) is 0 Å². The number of allylic oxidation sites excluding steroid dienone is 10. The number of rotatable bonds is 39. The van der Waals surface area contributed by atoms with Gasteiger partial charge in [0, 0.05) is 12.8 Å². The van der Waals surface area contributed by atoms with E-state index < -0.39 is 71.2 Å². The van der Waals surface area contributed by atoms with Crippen LogP contribution >= 0.6 is 0 Å². The standard InChI is InChI=1S/C49H84O12S/c1-3-5-7-9-11-13-15-17-19-21-23-25-27-29-31-33-35-37-44(50)58-39-42(40-59-49-48(54)47(53)46(52)43(61-49)41-62(55,56)57)60-45(51)38-36-34-32-30-28-26-24-22-20-18-16-14-12-10-8-6-4-2/h11,13,17-20,24,26,30,32,42-43,46-49,52-54H,3-10,12,14-16,21-23,25,27-29,31,33-41H2,1-2H3,(H,55,56,57)/b13-11+,19-17+,20-18+,26-24+,32-30+/t42-,43-,46-,47?,48?,49+/m1/s1. The zero-order chi connectivity index (χ0) is 45.5. The minimum Gasteiger partial charge on any atom is -0.462 e. The molecule has 0 spiro atoms. The zero-order valence-electron chi connectivity index (χ0n) is 38.2. The van der Waals surface area contributed by atoms with Gasteiger partial charge in [0.15, 0.2) is 12.4 Å². The van der Waals surface area contributed by atoms with Gasteiger partial charge in [0.1, 0.15) is 36.8 Å². The lowest BCUT2D eigenvalue weighted by Gasteiger charge is -2.40. The molecular weight excluding hydrogens is 813 g/mol. The molecule has 0 radical (unpaired) electrons. The highest BCUT2D eigenvalue weighted by Gasteiger charge is 2.46. The summed E-state index contributed by atoms with van der Waals surface area (Å²) in [5.74, 6) is -2.07. The molecule has 0 aromatic rings. The Balaban J connectivity index is 2.47. The summed E-state index contributed by atoms with van der Waals surface area (Å²) < 4.78 is 54.1. The van der Waals surface area contributed by atoms with Crippen molar-refractivity contribution in [2.75, 3.05) is 19.0 Å². The van der Waals surface area contributed by atoms with Crippen LogP contribution in [0.5, 0.6) is 0 Å². The van der Waals surface area contributed by atoms with Gasteiger partial charge in [-0.3, -0.25) is 14.1 Å². The molecule has 1 fully saturated rings. The molecule has 2 unspecified atom stereocenters. The van der Waals surface area contributed by atoms with Crippen LogP contribution in [0.1, 0.15) is 181 Å². The van der Waals surface area contributed by atoms with E-state index in [0.29, 0.717) is 19.3 Å². The van der Waals surface area contributed by atoms with Crippen LogP contribution in [0.2, 0.25) is 0 Å². The minimum absolute atomic E-state index is 0.0888. The summed E-state index contributed by atoms with van der Waals surface area (Å²) >= 11 is 0. The summed E-state index contributed by atoms with van der Waals surface area (Å²) in [5.41, 5.74) is 0. The topological polar surface area (TPSA) is 186 Å². The average molecular weight is 897 g/mol. The van der Waals surface area contributed by atoms with E-state index in [9.17, 15) is 37.9 Å². The number of unbranched alkanes of at least 4 members (excludes halogenated alkanes) is 17. The maximum Gasteiger partial charge on any atom is 0.306 e. The average Bonchev–Trinajstić information content (AvgIpc) is 3.24. The lowest BCUT2D eigenvalue weighted by Crippen LogP contribution is -2.60. The fraction of sp³-hybridized carbons (Fsp3) is 0.755. The van der Waals surface area contributed by atoms with Crippen LogP contribution in [0.25, 0.3) is 0 Å². The summed E-state index contributed by atoms with van der Waals surface area (Å²) in [6.45, 7) is 3.68. The van der Waals surface area contributed by atoms with Gasteiger partial charge in [-0.1, -0.05) is 152 Å². The predicted octanol–water partition coefficient (Wildman–Crippen LogP) is 10.1. The second-order valence-electron chi connectivity index (χ2n) is 16.4. The summed E-state index contributed by atoms with van der Waals surface area (Å²) in [4.78, 5) is 25.4. The van der Waals surface area contributed by atoms with Crippen LogP contribution in [0.3, 0.4) is 0 Å². The molecule has 0 aliphatic carbocycles. The number of ether oxygens (including phenoxy) is 4. The van der Waals surface area contributed by atoms with Crippen molar-refractivity contribution in [1.29, 1.82) is 0 Å². The third-order valence-corrected chi connectivity index (χ3v) is 11.3. The number of aliphatic hydroxyl groups excluding tert-OH is 3. The monoisotopic (exact) mass is 897 g/mol. The Bertz CT molecular complexity index is 1370. The Morgan fingerprint density at radius 2 is 0.984 bits per heavy atom. The van der Waals surface area contributed by atoms with Crippen molar-refractivity contribution in [3.63, 3.8) is 0 Å². The molecule has 0 amide bonds. The number of carbonyl (C=O) groups is 2. The Morgan fingerprint density at radius 3 is 1.52 bits per heavy atom. The first-order valence-corrected chi connectivity index (χ1v) is 25.5. The van der Waals surface area contributed by atoms with Crippen molar-refractivity contribution >= 4 is 22.1 Å².